The Morgan fingerprint density at radius 3 is 1.28 bits per heavy atom. The van der Waals surface area contributed by atoms with Gasteiger partial charge < -0.3 is 25.2 Å². The predicted molar refractivity (Wildman–Crippen MR) is 236 cm³/mol. The van der Waals surface area contributed by atoms with Crippen molar-refractivity contribution in [3.05, 3.63) is 24.3 Å². The third kappa shape index (κ3) is 40.7. The summed E-state index contributed by atoms with van der Waals surface area (Å²) in [5.74, 6) is -2.38. The Labute approximate surface area is 353 Å². The number of ether oxygens (including phenoxy) is 2. The van der Waals surface area contributed by atoms with E-state index in [-0.39, 0.29) is 19.4 Å². The van der Waals surface area contributed by atoms with Gasteiger partial charge in [-0.25, -0.2) is 4.57 Å². The van der Waals surface area contributed by atoms with Gasteiger partial charge in [-0.3, -0.25) is 23.4 Å². The molecule has 3 atom stereocenters. The number of carbonyl (C=O) groups is 3. The molecule has 340 valence electrons. The summed E-state index contributed by atoms with van der Waals surface area (Å²) in [6, 6.07) is -1.52. The van der Waals surface area contributed by atoms with Crippen molar-refractivity contribution >= 4 is 25.7 Å². The molecule has 4 N–H and O–H groups in total. The molecule has 0 aromatic heterocycles. The Hall–Kier alpha value is -2.04. The van der Waals surface area contributed by atoms with Crippen LogP contribution in [0.4, 0.5) is 0 Å². The molecule has 0 spiro atoms. The van der Waals surface area contributed by atoms with Crippen molar-refractivity contribution in [3.8, 4) is 0 Å². The molecule has 0 aliphatic carbocycles. The van der Waals surface area contributed by atoms with Gasteiger partial charge in [-0.15, -0.1) is 0 Å². The standard InChI is InChI=1S/C46H86NO10P/c1-3-5-7-9-11-13-15-17-19-21-23-25-27-29-31-33-35-37-44(48)54-39-42(40-55-58(52,53)56-41-43(47)46(50)51)57-45(49)38-36-34-32-30-28-26-24-22-20-18-16-14-12-10-8-6-4-2/h13,15,18,20,42-43H,3-12,14,16-17,19,21-41,47H2,1-2H3,(H,50,51)(H,52,53)/b15-13+,20-18+/t42-,43+/m1/s1. The molecule has 0 saturated heterocycles. The molecular formula is C46H86NO10P. The van der Waals surface area contributed by atoms with Crippen LogP contribution in [0.1, 0.15) is 219 Å². The quantitative estimate of drug-likeness (QED) is 0.0231. The van der Waals surface area contributed by atoms with Gasteiger partial charge in [-0.1, -0.05) is 167 Å². The van der Waals surface area contributed by atoms with Gasteiger partial charge in [-0.2, -0.15) is 0 Å². The summed E-state index contributed by atoms with van der Waals surface area (Å²) in [5, 5.41) is 8.90. The normalized spacial score (nSPS) is 13.9. The third-order valence-corrected chi connectivity index (χ3v) is 11.1. The van der Waals surface area contributed by atoms with Crippen LogP contribution in [0.25, 0.3) is 0 Å². The van der Waals surface area contributed by atoms with Crippen LogP contribution >= 0.6 is 7.82 Å². The first kappa shape index (κ1) is 56.0. The summed E-state index contributed by atoms with van der Waals surface area (Å²) >= 11 is 0. The van der Waals surface area contributed by atoms with E-state index in [1.54, 1.807) is 0 Å². The molecule has 0 fully saturated rings. The van der Waals surface area contributed by atoms with Crippen molar-refractivity contribution < 1.29 is 47.5 Å². The zero-order chi connectivity index (χ0) is 42.8. The van der Waals surface area contributed by atoms with E-state index >= 15 is 0 Å². The number of nitrogens with two attached hydrogens (primary N) is 1. The predicted octanol–water partition coefficient (Wildman–Crippen LogP) is 12.6. The minimum Gasteiger partial charge on any atom is -0.480 e. The van der Waals surface area contributed by atoms with Crippen molar-refractivity contribution in [2.24, 2.45) is 5.73 Å². The zero-order valence-corrected chi connectivity index (χ0v) is 37.8. The van der Waals surface area contributed by atoms with Crippen LogP contribution in [0.5, 0.6) is 0 Å². The lowest BCUT2D eigenvalue weighted by atomic mass is 10.1. The maximum atomic E-state index is 12.6. The molecule has 0 aromatic rings. The van der Waals surface area contributed by atoms with Crippen molar-refractivity contribution in [1.29, 1.82) is 0 Å². The SMILES string of the molecule is CCCCCC/C=C/CCCCCCCCCCCC(=O)OC[C@H](COP(=O)(O)OC[C@H](N)C(=O)O)OC(=O)CCCCCCCCC/C=C/CCCCCCCC. The Morgan fingerprint density at radius 1 is 0.517 bits per heavy atom. The van der Waals surface area contributed by atoms with Crippen molar-refractivity contribution in [1.82, 2.24) is 0 Å². The summed E-state index contributed by atoms with van der Waals surface area (Å²) in [7, 11) is -4.72. The van der Waals surface area contributed by atoms with Crippen LogP contribution in [-0.4, -0.2) is 59.9 Å². The van der Waals surface area contributed by atoms with Crippen LogP contribution < -0.4 is 5.73 Å². The number of aliphatic carboxylic acids is 1. The Morgan fingerprint density at radius 2 is 0.862 bits per heavy atom. The molecule has 0 radical (unpaired) electrons. The van der Waals surface area contributed by atoms with Gasteiger partial charge in [0.2, 0.25) is 0 Å². The highest BCUT2D eigenvalue weighted by molar-refractivity contribution is 7.47. The highest BCUT2D eigenvalue weighted by Gasteiger charge is 2.28. The molecule has 0 amide bonds. The number of esters is 2. The van der Waals surface area contributed by atoms with Crippen LogP contribution in [0, 0.1) is 0 Å². The first-order valence-corrected chi connectivity index (χ1v) is 24.9. The van der Waals surface area contributed by atoms with E-state index in [1.165, 1.54) is 135 Å². The number of phosphoric ester groups is 1. The monoisotopic (exact) mass is 844 g/mol. The van der Waals surface area contributed by atoms with Gasteiger partial charge in [-0.05, 0) is 64.2 Å². The number of carbonyl (C=O) groups excluding carboxylic acids is 2. The van der Waals surface area contributed by atoms with Gasteiger partial charge in [0.1, 0.15) is 12.6 Å². The first-order valence-electron chi connectivity index (χ1n) is 23.4. The smallest absolute Gasteiger partial charge is 0.472 e. The van der Waals surface area contributed by atoms with E-state index in [9.17, 15) is 23.8 Å². The van der Waals surface area contributed by atoms with Gasteiger partial charge in [0, 0.05) is 12.8 Å². The number of hydrogen-bond donors (Lipinski definition) is 3. The van der Waals surface area contributed by atoms with E-state index in [0.29, 0.717) is 12.8 Å². The lowest BCUT2D eigenvalue weighted by Crippen LogP contribution is -2.34. The fourth-order valence-electron chi connectivity index (χ4n) is 6.47. The van der Waals surface area contributed by atoms with E-state index in [4.69, 9.17) is 24.8 Å². The van der Waals surface area contributed by atoms with Crippen LogP contribution in [0.15, 0.2) is 24.3 Å². The fourth-order valence-corrected chi connectivity index (χ4v) is 7.24. The number of carboxylic acid groups (broad SMARTS) is 1. The second-order valence-electron chi connectivity index (χ2n) is 15.9. The average Bonchev–Trinajstić information content (AvgIpc) is 3.20. The van der Waals surface area contributed by atoms with Gasteiger partial charge in [0.15, 0.2) is 6.10 Å². The molecule has 58 heavy (non-hydrogen) atoms. The first-order chi connectivity index (χ1) is 28.1. The van der Waals surface area contributed by atoms with Gasteiger partial charge in [0.05, 0.1) is 13.2 Å². The summed E-state index contributed by atoms with van der Waals surface area (Å²) < 4.78 is 32.8. The lowest BCUT2D eigenvalue weighted by Gasteiger charge is -2.20. The molecule has 0 heterocycles. The molecule has 0 aliphatic heterocycles. The number of allylic oxidation sites excluding steroid dienone is 4. The maximum Gasteiger partial charge on any atom is 0.472 e. The Bertz CT molecular complexity index is 1080. The van der Waals surface area contributed by atoms with Crippen LogP contribution in [-0.2, 0) is 37.5 Å². The van der Waals surface area contributed by atoms with E-state index in [1.807, 2.05) is 0 Å². The summed E-state index contributed by atoms with van der Waals surface area (Å²) in [4.78, 5) is 46.0. The van der Waals surface area contributed by atoms with Gasteiger partial charge in [0.25, 0.3) is 0 Å². The lowest BCUT2D eigenvalue weighted by molar-refractivity contribution is -0.161. The summed E-state index contributed by atoms with van der Waals surface area (Å²) in [5.41, 5.74) is 5.34. The molecule has 12 heteroatoms. The number of carboxylic acids is 1. The number of unbranched alkanes of at least 4 members (excludes halogenated alkanes) is 26. The second kappa shape index (κ2) is 41.7. The molecule has 1 unspecified atom stereocenters. The Balaban J connectivity index is 4.31. The van der Waals surface area contributed by atoms with E-state index in [0.717, 1.165) is 44.9 Å². The topological polar surface area (TPSA) is 172 Å². The van der Waals surface area contributed by atoms with Crippen LogP contribution in [0.2, 0.25) is 0 Å². The fraction of sp³-hybridized carbons (Fsp3) is 0.848. The molecule has 0 aliphatic rings. The summed E-state index contributed by atoms with van der Waals surface area (Å²) in [6.07, 6.45) is 43.7. The molecule has 0 rings (SSSR count). The highest BCUT2D eigenvalue weighted by Crippen LogP contribution is 2.43. The highest BCUT2D eigenvalue weighted by atomic mass is 31.2. The van der Waals surface area contributed by atoms with Crippen molar-refractivity contribution in [2.75, 3.05) is 19.8 Å². The van der Waals surface area contributed by atoms with Gasteiger partial charge >= 0.3 is 25.7 Å². The number of phosphoric acid groups is 1. The van der Waals surface area contributed by atoms with Crippen molar-refractivity contribution in [3.63, 3.8) is 0 Å². The Kier molecular flexibility index (Phi) is 40.2. The van der Waals surface area contributed by atoms with E-state index in [2.05, 4.69) is 42.7 Å². The second-order valence-corrected chi connectivity index (χ2v) is 17.3. The third-order valence-electron chi connectivity index (χ3n) is 10.2. The average molecular weight is 844 g/mol. The van der Waals surface area contributed by atoms with Crippen LogP contribution in [0.3, 0.4) is 0 Å². The number of hydrogen-bond acceptors (Lipinski definition) is 9. The zero-order valence-electron chi connectivity index (χ0n) is 36.9. The van der Waals surface area contributed by atoms with Crippen molar-refractivity contribution in [2.45, 2.75) is 231 Å². The van der Waals surface area contributed by atoms with E-state index < -0.39 is 51.1 Å². The molecule has 0 aromatic carbocycles. The maximum absolute atomic E-state index is 12.6. The minimum absolute atomic E-state index is 0.158. The largest absolute Gasteiger partial charge is 0.480 e. The molecule has 0 saturated carbocycles. The minimum atomic E-state index is -4.72. The molecular weight excluding hydrogens is 757 g/mol. The molecule has 0 bridgehead atoms. The molecule has 11 nitrogen and oxygen atoms in total. The summed E-state index contributed by atoms with van der Waals surface area (Å²) in [6.45, 7) is 2.80. The number of rotatable bonds is 44.